The van der Waals surface area contributed by atoms with Gasteiger partial charge in [0.15, 0.2) is 6.61 Å². The second kappa shape index (κ2) is 10.2. The molecule has 2 rings (SSSR count). The highest BCUT2D eigenvalue weighted by Crippen LogP contribution is 2.17. The van der Waals surface area contributed by atoms with E-state index in [0.29, 0.717) is 0 Å². The van der Waals surface area contributed by atoms with E-state index in [1.54, 1.807) is 0 Å². The number of carbonyl (C=O) groups excluding carboxylic acids is 3. The standard InChI is InChI=1S/C18H23N3O6/c22-16(20-14-7-3-1-2-4-8-14)12-27-17(23)11-19-18(24)13-6-5-9-15(10-13)21(25)26/h5-6,9-10,14H,1-4,7-8,11-12H2,(H,19,24)(H,20,22). The number of carbonyl (C=O) groups is 3. The van der Waals surface area contributed by atoms with E-state index in [1.165, 1.54) is 31.0 Å². The molecule has 146 valence electrons. The molecule has 0 bridgehead atoms. The van der Waals surface area contributed by atoms with Crippen LogP contribution in [0, 0.1) is 10.1 Å². The summed E-state index contributed by atoms with van der Waals surface area (Å²) in [7, 11) is 0. The van der Waals surface area contributed by atoms with Gasteiger partial charge >= 0.3 is 5.97 Å². The van der Waals surface area contributed by atoms with Crippen LogP contribution >= 0.6 is 0 Å². The van der Waals surface area contributed by atoms with Gasteiger partial charge in [0.2, 0.25) is 0 Å². The number of esters is 1. The molecule has 9 nitrogen and oxygen atoms in total. The summed E-state index contributed by atoms with van der Waals surface area (Å²) in [6, 6.07) is 5.27. The zero-order valence-corrected chi connectivity index (χ0v) is 14.9. The molecule has 0 spiro atoms. The molecule has 0 atom stereocenters. The Bertz CT molecular complexity index is 698. The van der Waals surface area contributed by atoms with E-state index < -0.39 is 30.0 Å². The maximum absolute atomic E-state index is 11.9. The lowest BCUT2D eigenvalue weighted by Crippen LogP contribution is -2.38. The summed E-state index contributed by atoms with van der Waals surface area (Å²) >= 11 is 0. The minimum Gasteiger partial charge on any atom is -0.454 e. The molecule has 0 saturated heterocycles. The topological polar surface area (TPSA) is 128 Å². The number of rotatable bonds is 7. The van der Waals surface area contributed by atoms with Gasteiger partial charge in [0.05, 0.1) is 4.92 Å². The summed E-state index contributed by atoms with van der Waals surface area (Å²) in [4.78, 5) is 45.6. The Morgan fingerprint density at radius 3 is 2.52 bits per heavy atom. The number of hydrogen-bond acceptors (Lipinski definition) is 6. The Labute approximate surface area is 156 Å². The number of nitro benzene ring substituents is 1. The van der Waals surface area contributed by atoms with Crippen LogP contribution in [-0.4, -0.2) is 41.9 Å². The van der Waals surface area contributed by atoms with E-state index in [4.69, 9.17) is 4.74 Å². The van der Waals surface area contributed by atoms with Gasteiger partial charge in [-0.05, 0) is 18.9 Å². The zero-order valence-electron chi connectivity index (χ0n) is 14.9. The molecule has 1 aliphatic rings. The highest BCUT2D eigenvalue weighted by molar-refractivity contribution is 5.96. The van der Waals surface area contributed by atoms with E-state index in [1.807, 2.05) is 0 Å². The summed E-state index contributed by atoms with van der Waals surface area (Å²) in [5.41, 5.74) is -0.163. The number of nitrogens with zero attached hydrogens (tertiary/aromatic N) is 1. The molecule has 1 aliphatic carbocycles. The quantitative estimate of drug-likeness (QED) is 0.322. The molecular formula is C18H23N3O6. The van der Waals surface area contributed by atoms with Crippen LogP contribution in [0.2, 0.25) is 0 Å². The third kappa shape index (κ3) is 7.04. The molecule has 0 unspecified atom stereocenters. The highest BCUT2D eigenvalue weighted by atomic mass is 16.6. The van der Waals surface area contributed by atoms with E-state index in [-0.39, 0.29) is 23.2 Å². The SMILES string of the molecule is O=C(COC(=O)CNC(=O)c1cccc([N+](=O)[O-])c1)NC1CCCCCC1. The zero-order chi connectivity index (χ0) is 19.6. The van der Waals surface area contributed by atoms with Gasteiger partial charge in [-0.2, -0.15) is 0 Å². The predicted octanol–water partition coefficient (Wildman–Crippen LogP) is 1.71. The van der Waals surface area contributed by atoms with Gasteiger partial charge in [0, 0.05) is 23.7 Å². The van der Waals surface area contributed by atoms with Crippen LogP contribution < -0.4 is 10.6 Å². The number of hydrogen-bond donors (Lipinski definition) is 2. The third-order valence-corrected chi connectivity index (χ3v) is 4.30. The van der Waals surface area contributed by atoms with Crippen molar-refractivity contribution in [3.05, 3.63) is 39.9 Å². The number of amides is 2. The van der Waals surface area contributed by atoms with Crippen LogP contribution in [0.4, 0.5) is 5.69 Å². The van der Waals surface area contributed by atoms with Crippen molar-refractivity contribution >= 4 is 23.5 Å². The molecule has 0 aromatic heterocycles. The molecule has 2 amide bonds. The Morgan fingerprint density at radius 2 is 1.85 bits per heavy atom. The van der Waals surface area contributed by atoms with Crippen molar-refractivity contribution in [2.24, 2.45) is 0 Å². The van der Waals surface area contributed by atoms with Crippen molar-refractivity contribution in [1.82, 2.24) is 10.6 Å². The van der Waals surface area contributed by atoms with Crippen LogP contribution in [0.1, 0.15) is 48.9 Å². The maximum Gasteiger partial charge on any atom is 0.325 e. The lowest BCUT2D eigenvalue weighted by Gasteiger charge is -2.16. The van der Waals surface area contributed by atoms with Gasteiger partial charge < -0.3 is 15.4 Å². The van der Waals surface area contributed by atoms with Gasteiger partial charge in [-0.1, -0.05) is 31.7 Å². The average Bonchev–Trinajstić information content (AvgIpc) is 2.93. The van der Waals surface area contributed by atoms with Crippen molar-refractivity contribution in [3.8, 4) is 0 Å². The molecule has 1 aromatic rings. The average molecular weight is 377 g/mol. The lowest BCUT2D eigenvalue weighted by molar-refractivity contribution is -0.384. The van der Waals surface area contributed by atoms with Crippen LogP contribution in [-0.2, 0) is 14.3 Å². The van der Waals surface area contributed by atoms with E-state index in [0.717, 1.165) is 31.7 Å². The number of benzene rings is 1. The summed E-state index contributed by atoms with van der Waals surface area (Å²) in [6.45, 7) is -0.833. The predicted molar refractivity (Wildman–Crippen MR) is 96.0 cm³/mol. The fourth-order valence-electron chi connectivity index (χ4n) is 2.91. The van der Waals surface area contributed by atoms with Crippen LogP contribution in [0.5, 0.6) is 0 Å². The molecule has 0 aliphatic heterocycles. The van der Waals surface area contributed by atoms with Gasteiger partial charge in [0.1, 0.15) is 6.54 Å². The fraction of sp³-hybridized carbons (Fsp3) is 0.500. The van der Waals surface area contributed by atoms with Crippen LogP contribution in [0.25, 0.3) is 0 Å². The molecule has 0 radical (unpaired) electrons. The molecule has 1 aromatic carbocycles. The summed E-state index contributed by atoms with van der Waals surface area (Å²) < 4.78 is 4.85. The Morgan fingerprint density at radius 1 is 1.15 bits per heavy atom. The van der Waals surface area contributed by atoms with Gasteiger partial charge in [0.25, 0.3) is 17.5 Å². The second-order valence-electron chi connectivity index (χ2n) is 6.41. The first-order valence-corrected chi connectivity index (χ1v) is 8.93. The van der Waals surface area contributed by atoms with Crippen molar-refractivity contribution in [1.29, 1.82) is 0 Å². The molecule has 0 heterocycles. The van der Waals surface area contributed by atoms with Gasteiger partial charge in [-0.3, -0.25) is 24.5 Å². The van der Waals surface area contributed by atoms with E-state index in [2.05, 4.69) is 10.6 Å². The minimum absolute atomic E-state index is 0.0584. The van der Waals surface area contributed by atoms with Crippen molar-refractivity contribution in [2.75, 3.05) is 13.2 Å². The Hall–Kier alpha value is -2.97. The summed E-state index contributed by atoms with van der Waals surface area (Å²) in [5, 5.41) is 15.9. The molecular weight excluding hydrogens is 354 g/mol. The Balaban J connectivity index is 1.70. The Kier molecular flexibility index (Phi) is 7.72. The minimum atomic E-state index is -0.759. The normalized spacial score (nSPS) is 14.7. The summed E-state index contributed by atoms with van der Waals surface area (Å²) in [6.07, 6.45) is 6.36. The first-order chi connectivity index (χ1) is 13.0. The number of nitro groups is 1. The van der Waals surface area contributed by atoms with Crippen molar-refractivity contribution in [3.63, 3.8) is 0 Å². The number of nitrogens with one attached hydrogen (secondary N) is 2. The van der Waals surface area contributed by atoms with E-state index in [9.17, 15) is 24.5 Å². The molecule has 2 N–H and O–H groups in total. The van der Waals surface area contributed by atoms with Crippen molar-refractivity contribution < 1.29 is 24.0 Å². The molecule has 9 heteroatoms. The second-order valence-corrected chi connectivity index (χ2v) is 6.41. The van der Waals surface area contributed by atoms with Crippen molar-refractivity contribution in [2.45, 2.75) is 44.6 Å². The molecule has 27 heavy (non-hydrogen) atoms. The summed E-state index contributed by atoms with van der Waals surface area (Å²) in [5.74, 6) is -1.76. The van der Waals surface area contributed by atoms with E-state index >= 15 is 0 Å². The van der Waals surface area contributed by atoms with Crippen LogP contribution in [0.15, 0.2) is 24.3 Å². The monoisotopic (exact) mass is 377 g/mol. The highest BCUT2D eigenvalue weighted by Gasteiger charge is 2.17. The number of ether oxygens (including phenoxy) is 1. The third-order valence-electron chi connectivity index (χ3n) is 4.30. The smallest absolute Gasteiger partial charge is 0.325 e. The first-order valence-electron chi connectivity index (χ1n) is 8.93. The largest absolute Gasteiger partial charge is 0.454 e. The lowest BCUT2D eigenvalue weighted by atomic mass is 10.1. The first kappa shape index (κ1) is 20.3. The van der Waals surface area contributed by atoms with Crippen LogP contribution in [0.3, 0.4) is 0 Å². The van der Waals surface area contributed by atoms with Gasteiger partial charge in [-0.15, -0.1) is 0 Å². The van der Waals surface area contributed by atoms with Gasteiger partial charge in [-0.25, -0.2) is 0 Å². The number of non-ortho nitro benzene ring substituents is 1. The fourth-order valence-corrected chi connectivity index (χ4v) is 2.91. The maximum atomic E-state index is 11.9. The molecule has 1 saturated carbocycles. The molecule has 1 fully saturated rings.